The van der Waals surface area contributed by atoms with Gasteiger partial charge in [0.05, 0.1) is 18.6 Å². The largest absolute Gasteiger partial charge is 0.494 e. The van der Waals surface area contributed by atoms with Gasteiger partial charge in [0.2, 0.25) is 0 Å². The second-order valence-corrected chi connectivity index (χ2v) is 5.42. The molecule has 0 bridgehead atoms. The molecule has 4 nitrogen and oxygen atoms in total. The van der Waals surface area contributed by atoms with Crippen molar-refractivity contribution in [3.63, 3.8) is 0 Å². The summed E-state index contributed by atoms with van der Waals surface area (Å²) in [7, 11) is 0. The molecule has 0 aliphatic carbocycles. The molecule has 3 rings (SSSR count). The number of benzene rings is 2. The predicted molar refractivity (Wildman–Crippen MR) is 94.1 cm³/mol. The lowest BCUT2D eigenvalue weighted by molar-refractivity contribution is 0.325. The maximum atomic E-state index is 12.3. The molecule has 0 amide bonds. The van der Waals surface area contributed by atoms with E-state index in [1.54, 1.807) is 6.07 Å². The van der Waals surface area contributed by atoms with Gasteiger partial charge in [0.25, 0.3) is 0 Å². The highest BCUT2D eigenvalue weighted by Gasteiger charge is 2.12. The van der Waals surface area contributed by atoms with E-state index in [0.717, 1.165) is 10.9 Å². The highest BCUT2D eigenvalue weighted by Crippen LogP contribution is 2.31. The molecule has 3 aromatic rings. The summed E-state index contributed by atoms with van der Waals surface area (Å²) in [6.07, 6.45) is 0.526. The van der Waals surface area contributed by atoms with E-state index in [9.17, 15) is 4.79 Å². The van der Waals surface area contributed by atoms with E-state index in [1.165, 1.54) is 0 Å². The van der Waals surface area contributed by atoms with Crippen LogP contribution in [-0.4, -0.2) is 13.2 Å². The van der Waals surface area contributed by atoms with Gasteiger partial charge in [-0.2, -0.15) is 0 Å². The van der Waals surface area contributed by atoms with Crippen molar-refractivity contribution in [3.05, 3.63) is 70.1 Å². The van der Waals surface area contributed by atoms with Crippen LogP contribution in [0.25, 0.3) is 11.0 Å². The lowest BCUT2D eigenvalue weighted by Crippen LogP contribution is -2.08. The Hall–Kier alpha value is -2.75. The van der Waals surface area contributed by atoms with E-state index in [4.69, 9.17) is 13.9 Å². The van der Waals surface area contributed by atoms with E-state index in [2.05, 4.69) is 0 Å². The Morgan fingerprint density at radius 1 is 0.958 bits per heavy atom. The van der Waals surface area contributed by atoms with Crippen molar-refractivity contribution in [3.8, 4) is 11.5 Å². The highest BCUT2D eigenvalue weighted by atomic mass is 16.5. The third-order valence-corrected chi connectivity index (χ3v) is 3.71. The van der Waals surface area contributed by atoms with Gasteiger partial charge >= 0.3 is 5.63 Å². The van der Waals surface area contributed by atoms with Gasteiger partial charge in [0.1, 0.15) is 17.1 Å². The minimum Gasteiger partial charge on any atom is -0.494 e. The number of hydrogen-bond acceptors (Lipinski definition) is 4. The van der Waals surface area contributed by atoms with Gasteiger partial charge in [-0.3, -0.25) is 0 Å². The second kappa shape index (κ2) is 7.21. The van der Waals surface area contributed by atoms with Crippen LogP contribution in [0.2, 0.25) is 0 Å². The van der Waals surface area contributed by atoms with Crippen molar-refractivity contribution in [1.82, 2.24) is 0 Å². The van der Waals surface area contributed by atoms with Gasteiger partial charge < -0.3 is 13.9 Å². The molecule has 0 unspecified atom stereocenters. The lowest BCUT2D eigenvalue weighted by atomic mass is 10.0. The predicted octanol–water partition coefficient (Wildman–Crippen LogP) is 4.18. The van der Waals surface area contributed by atoms with Crippen LogP contribution in [0, 0.1) is 0 Å². The monoisotopic (exact) mass is 324 g/mol. The van der Waals surface area contributed by atoms with Crippen LogP contribution >= 0.6 is 0 Å². The quantitative estimate of drug-likeness (QED) is 0.638. The van der Waals surface area contributed by atoms with Gasteiger partial charge in [-0.15, -0.1) is 0 Å². The highest BCUT2D eigenvalue weighted by molar-refractivity contribution is 5.85. The Morgan fingerprint density at radius 2 is 1.71 bits per heavy atom. The molecule has 4 heteroatoms. The molecule has 0 aliphatic rings. The van der Waals surface area contributed by atoms with Crippen molar-refractivity contribution in [2.24, 2.45) is 0 Å². The van der Waals surface area contributed by atoms with Crippen LogP contribution in [0.15, 0.2) is 57.7 Å². The molecule has 0 fully saturated rings. The minimum atomic E-state index is -0.331. The molecule has 1 heterocycles. The third kappa shape index (κ3) is 3.43. The van der Waals surface area contributed by atoms with Crippen LogP contribution in [0.1, 0.15) is 25.0 Å². The van der Waals surface area contributed by atoms with Crippen LogP contribution in [0.4, 0.5) is 0 Å². The van der Waals surface area contributed by atoms with Gasteiger partial charge in [-0.05, 0) is 25.5 Å². The zero-order chi connectivity index (χ0) is 16.9. The van der Waals surface area contributed by atoms with Crippen LogP contribution in [0.3, 0.4) is 0 Å². The molecule has 0 spiro atoms. The molecule has 0 saturated heterocycles. The Bertz CT molecular complexity index is 881. The fraction of sp³-hybridized carbons (Fsp3) is 0.250. The van der Waals surface area contributed by atoms with Crippen LogP contribution in [-0.2, 0) is 6.42 Å². The summed E-state index contributed by atoms with van der Waals surface area (Å²) in [5.41, 5.74) is 1.82. The van der Waals surface area contributed by atoms with E-state index in [0.29, 0.717) is 42.3 Å². The van der Waals surface area contributed by atoms with Crippen molar-refractivity contribution in [1.29, 1.82) is 0 Å². The van der Waals surface area contributed by atoms with E-state index in [-0.39, 0.29) is 5.63 Å². The minimum absolute atomic E-state index is 0.331. The maximum Gasteiger partial charge on any atom is 0.339 e. The zero-order valence-electron chi connectivity index (χ0n) is 13.9. The average Bonchev–Trinajstić information content (AvgIpc) is 2.57. The standard InChI is InChI=1S/C20H20O4/c1-3-22-16-12-18(23-4-2)17-11-15(20(21)24-19(17)13-16)10-14-8-6-5-7-9-14/h5-9,11-13H,3-4,10H2,1-2H3. The Balaban J connectivity index is 2.09. The smallest absolute Gasteiger partial charge is 0.339 e. The molecule has 1 aromatic heterocycles. The zero-order valence-corrected chi connectivity index (χ0v) is 13.9. The Kier molecular flexibility index (Phi) is 4.85. The second-order valence-electron chi connectivity index (χ2n) is 5.42. The first-order chi connectivity index (χ1) is 11.7. The molecule has 2 aromatic carbocycles. The van der Waals surface area contributed by atoms with Gasteiger partial charge in [0, 0.05) is 24.1 Å². The van der Waals surface area contributed by atoms with Gasteiger partial charge in [0.15, 0.2) is 0 Å². The maximum absolute atomic E-state index is 12.3. The third-order valence-electron chi connectivity index (χ3n) is 3.71. The van der Waals surface area contributed by atoms with Crippen molar-refractivity contribution in [2.75, 3.05) is 13.2 Å². The first-order valence-electron chi connectivity index (χ1n) is 8.11. The molecule has 124 valence electrons. The van der Waals surface area contributed by atoms with E-state index in [1.807, 2.05) is 56.3 Å². The molecule has 24 heavy (non-hydrogen) atoms. The number of fused-ring (bicyclic) bond motifs is 1. The summed E-state index contributed by atoms with van der Waals surface area (Å²) in [5, 5.41) is 0.783. The molecular formula is C20H20O4. The summed E-state index contributed by atoms with van der Waals surface area (Å²) in [4.78, 5) is 12.3. The molecule has 0 saturated carbocycles. The van der Waals surface area contributed by atoms with Crippen LogP contribution in [0.5, 0.6) is 11.5 Å². The Morgan fingerprint density at radius 3 is 2.42 bits per heavy atom. The topological polar surface area (TPSA) is 48.7 Å². The number of hydrogen-bond donors (Lipinski definition) is 0. The number of ether oxygens (including phenoxy) is 2. The molecule has 0 radical (unpaired) electrons. The number of rotatable bonds is 6. The average molecular weight is 324 g/mol. The summed E-state index contributed by atoms with van der Waals surface area (Å²) < 4.78 is 16.8. The van der Waals surface area contributed by atoms with Crippen molar-refractivity contribution < 1.29 is 13.9 Å². The summed E-state index contributed by atoms with van der Waals surface area (Å²) in [6, 6.07) is 15.3. The van der Waals surface area contributed by atoms with E-state index >= 15 is 0 Å². The summed E-state index contributed by atoms with van der Waals surface area (Å²) in [6.45, 7) is 4.89. The normalized spacial score (nSPS) is 10.8. The SMILES string of the molecule is CCOc1cc(OCC)c2cc(Cc3ccccc3)c(=O)oc2c1. The fourth-order valence-corrected chi connectivity index (χ4v) is 2.67. The molecule has 0 atom stereocenters. The van der Waals surface area contributed by atoms with Crippen LogP contribution < -0.4 is 15.1 Å². The van der Waals surface area contributed by atoms with Gasteiger partial charge in [-0.25, -0.2) is 4.79 Å². The Labute approximate surface area is 140 Å². The first-order valence-corrected chi connectivity index (χ1v) is 8.11. The molecule has 0 N–H and O–H groups in total. The fourth-order valence-electron chi connectivity index (χ4n) is 2.67. The van der Waals surface area contributed by atoms with E-state index < -0.39 is 0 Å². The lowest BCUT2D eigenvalue weighted by Gasteiger charge is -2.11. The van der Waals surface area contributed by atoms with Crippen molar-refractivity contribution in [2.45, 2.75) is 20.3 Å². The summed E-state index contributed by atoms with van der Waals surface area (Å²) >= 11 is 0. The molecular weight excluding hydrogens is 304 g/mol. The summed E-state index contributed by atoms with van der Waals surface area (Å²) in [5.74, 6) is 1.30. The first kappa shape index (κ1) is 16.1. The molecule has 0 aliphatic heterocycles. The van der Waals surface area contributed by atoms with Gasteiger partial charge in [-0.1, -0.05) is 30.3 Å². The van der Waals surface area contributed by atoms with Crippen molar-refractivity contribution >= 4 is 11.0 Å².